The highest BCUT2D eigenvalue weighted by molar-refractivity contribution is 7.89. The molecule has 0 unspecified atom stereocenters. The molecule has 1 aliphatic rings. The van der Waals surface area contributed by atoms with E-state index in [9.17, 15) is 13.2 Å². The number of primary sulfonamides is 1. The molecule has 0 heterocycles. The number of anilines is 1. The third-order valence-corrected chi connectivity index (χ3v) is 4.80. The molecule has 1 aromatic rings. The minimum absolute atomic E-state index is 0.0314. The SMILES string of the molecule is N#C/C(=C/NC1CCCCC1)C(=O)Nc1ccc(S(N)(=O)=O)cc1. The lowest BCUT2D eigenvalue weighted by molar-refractivity contribution is -0.112. The maximum atomic E-state index is 12.1. The largest absolute Gasteiger partial charge is 0.387 e. The molecule has 2 rings (SSSR count). The van der Waals surface area contributed by atoms with E-state index >= 15 is 0 Å². The molecule has 4 N–H and O–H groups in total. The van der Waals surface area contributed by atoms with Crippen LogP contribution in [-0.2, 0) is 14.8 Å². The zero-order valence-corrected chi connectivity index (χ0v) is 14.0. The van der Waals surface area contributed by atoms with Gasteiger partial charge in [-0.15, -0.1) is 0 Å². The van der Waals surface area contributed by atoms with E-state index in [4.69, 9.17) is 10.4 Å². The van der Waals surface area contributed by atoms with Gasteiger partial charge in [-0.2, -0.15) is 5.26 Å². The third-order valence-electron chi connectivity index (χ3n) is 3.87. The molecule has 0 saturated heterocycles. The number of hydrogen-bond acceptors (Lipinski definition) is 5. The molecular formula is C16H20N4O3S. The molecule has 1 saturated carbocycles. The molecule has 8 heteroatoms. The van der Waals surface area contributed by atoms with Gasteiger partial charge in [0.2, 0.25) is 10.0 Å². The van der Waals surface area contributed by atoms with Crippen LogP contribution in [-0.4, -0.2) is 20.4 Å². The van der Waals surface area contributed by atoms with Crippen molar-refractivity contribution in [1.29, 1.82) is 5.26 Å². The van der Waals surface area contributed by atoms with Gasteiger partial charge in [0.15, 0.2) is 0 Å². The lowest BCUT2D eigenvalue weighted by Gasteiger charge is -2.21. The number of rotatable bonds is 5. The molecule has 1 fully saturated rings. The van der Waals surface area contributed by atoms with Crippen molar-refractivity contribution in [2.75, 3.05) is 5.32 Å². The Morgan fingerprint density at radius 2 is 1.83 bits per heavy atom. The van der Waals surface area contributed by atoms with Gasteiger partial charge in [-0.3, -0.25) is 4.79 Å². The van der Waals surface area contributed by atoms with Gasteiger partial charge in [-0.25, -0.2) is 13.6 Å². The van der Waals surface area contributed by atoms with Crippen LogP contribution >= 0.6 is 0 Å². The van der Waals surface area contributed by atoms with Gasteiger partial charge in [0.1, 0.15) is 11.6 Å². The number of carbonyl (C=O) groups is 1. The van der Waals surface area contributed by atoms with Crippen molar-refractivity contribution in [2.45, 2.75) is 43.0 Å². The second kappa shape index (κ2) is 7.95. The Balaban J connectivity index is 1.99. The van der Waals surface area contributed by atoms with Crippen LogP contribution < -0.4 is 15.8 Å². The molecule has 0 atom stereocenters. The standard InChI is InChI=1S/C16H20N4O3S/c17-10-12(11-19-13-4-2-1-3-5-13)16(21)20-14-6-8-15(9-7-14)24(18,22)23/h6-9,11,13,19H,1-5H2,(H,20,21)(H2,18,22,23)/b12-11-. The van der Waals surface area contributed by atoms with Gasteiger partial charge in [0, 0.05) is 17.9 Å². The van der Waals surface area contributed by atoms with Crippen LogP contribution in [0.2, 0.25) is 0 Å². The lowest BCUT2D eigenvalue weighted by Crippen LogP contribution is -2.28. The second-order valence-electron chi connectivity index (χ2n) is 5.69. The number of nitrogens with two attached hydrogens (primary N) is 1. The highest BCUT2D eigenvalue weighted by Crippen LogP contribution is 2.18. The summed E-state index contributed by atoms with van der Waals surface area (Å²) in [4.78, 5) is 12.1. The van der Waals surface area contributed by atoms with Crippen LogP contribution in [0.3, 0.4) is 0 Å². The van der Waals surface area contributed by atoms with E-state index in [1.54, 1.807) is 0 Å². The van der Waals surface area contributed by atoms with Crippen LogP contribution in [0.5, 0.6) is 0 Å². The summed E-state index contributed by atoms with van der Waals surface area (Å²) in [6.07, 6.45) is 7.04. The Hall–Kier alpha value is -2.37. The van der Waals surface area contributed by atoms with Gasteiger partial charge in [0.05, 0.1) is 4.90 Å². The van der Waals surface area contributed by atoms with Crippen LogP contribution in [0.25, 0.3) is 0 Å². The summed E-state index contributed by atoms with van der Waals surface area (Å²) in [5.74, 6) is -0.552. The summed E-state index contributed by atoms with van der Waals surface area (Å²) in [7, 11) is -3.78. The van der Waals surface area contributed by atoms with E-state index in [1.807, 2.05) is 6.07 Å². The maximum Gasteiger partial charge on any atom is 0.267 e. The first kappa shape index (κ1) is 18.0. The van der Waals surface area contributed by atoms with Gasteiger partial charge >= 0.3 is 0 Å². The molecule has 0 radical (unpaired) electrons. The molecule has 24 heavy (non-hydrogen) atoms. The summed E-state index contributed by atoms with van der Waals surface area (Å²) in [6.45, 7) is 0. The molecule has 0 bridgehead atoms. The van der Waals surface area contributed by atoms with Crippen molar-refractivity contribution in [3.05, 3.63) is 36.0 Å². The fourth-order valence-corrected chi connectivity index (χ4v) is 3.06. The number of hydrogen-bond donors (Lipinski definition) is 3. The number of amides is 1. The number of nitrogens with zero attached hydrogens (tertiary/aromatic N) is 1. The quantitative estimate of drug-likeness (QED) is 0.550. The first-order valence-electron chi connectivity index (χ1n) is 7.70. The van der Waals surface area contributed by atoms with E-state index in [0.29, 0.717) is 11.7 Å². The van der Waals surface area contributed by atoms with Crippen molar-refractivity contribution < 1.29 is 13.2 Å². The average Bonchev–Trinajstić information content (AvgIpc) is 2.56. The van der Waals surface area contributed by atoms with Crippen LogP contribution in [0.15, 0.2) is 40.9 Å². The zero-order chi connectivity index (χ0) is 17.6. The Morgan fingerprint density at radius 1 is 1.21 bits per heavy atom. The Morgan fingerprint density at radius 3 is 2.38 bits per heavy atom. The predicted octanol–water partition coefficient (Wildman–Crippen LogP) is 1.60. The number of carbonyl (C=O) groups excluding carboxylic acids is 1. The van der Waals surface area contributed by atoms with Crippen molar-refractivity contribution in [3.8, 4) is 6.07 Å². The minimum Gasteiger partial charge on any atom is -0.387 e. The normalized spacial score (nSPS) is 16.2. The van der Waals surface area contributed by atoms with Gasteiger partial charge in [0.25, 0.3) is 5.91 Å². The van der Waals surface area contributed by atoms with Crippen LogP contribution in [0.1, 0.15) is 32.1 Å². The number of nitriles is 1. The number of benzene rings is 1. The Kier molecular flexibility index (Phi) is 5.95. The zero-order valence-electron chi connectivity index (χ0n) is 13.2. The Labute approximate surface area is 141 Å². The fraction of sp³-hybridized carbons (Fsp3) is 0.375. The molecule has 7 nitrogen and oxygen atoms in total. The summed E-state index contributed by atoms with van der Waals surface area (Å²) in [5, 5.41) is 19.8. The molecule has 1 aromatic carbocycles. The van der Waals surface area contributed by atoms with Crippen molar-refractivity contribution in [1.82, 2.24) is 5.32 Å². The molecule has 1 amide bonds. The fourth-order valence-electron chi connectivity index (χ4n) is 2.55. The lowest BCUT2D eigenvalue weighted by atomic mass is 9.96. The number of nitrogens with one attached hydrogen (secondary N) is 2. The van der Waals surface area contributed by atoms with Gasteiger partial charge < -0.3 is 10.6 Å². The third kappa shape index (κ3) is 5.08. The van der Waals surface area contributed by atoms with Crippen LogP contribution in [0.4, 0.5) is 5.69 Å². The van der Waals surface area contributed by atoms with Gasteiger partial charge in [-0.1, -0.05) is 19.3 Å². The maximum absolute atomic E-state index is 12.1. The molecular weight excluding hydrogens is 328 g/mol. The minimum atomic E-state index is -3.78. The van der Waals surface area contributed by atoms with E-state index in [1.165, 1.54) is 36.9 Å². The number of sulfonamides is 1. The molecule has 0 spiro atoms. The molecule has 0 aromatic heterocycles. The first-order chi connectivity index (χ1) is 11.4. The van der Waals surface area contributed by atoms with Crippen molar-refractivity contribution in [3.63, 3.8) is 0 Å². The molecule has 128 valence electrons. The molecule has 0 aliphatic heterocycles. The predicted molar refractivity (Wildman–Crippen MR) is 90.1 cm³/mol. The molecule has 1 aliphatic carbocycles. The second-order valence-corrected chi connectivity index (χ2v) is 7.26. The summed E-state index contributed by atoms with van der Waals surface area (Å²) < 4.78 is 22.4. The van der Waals surface area contributed by atoms with Crippen molar-refractivity contribution in [2.24, 2.45) is 5.14 Å². The van der Waals surface area contributed by atoms with E-state index in [0.717, 1.165) is 25.7 Å². The van der Waals surface area contributed by atoms with E-state index in [-0.39, 0.29) is 10.5 Å². The summed E-state index contributed by atoms with van der Waals surface area (Å²) in [6, 6.07) is 7.58. The van der Waals surface area contributed by atoms with E-state index < -0.39 is 15.9 Å². The van der Waals surface area contributed by atoms with Crippen molar-refractivity contribution >= 4 is 21.6 Å². The van der Waals surface area contributed by atoms with Crippen LogP contribution in [0, 0.1) is 11.3 Å². The summed E-state index contributed by atoms with van der Waals surface area (Å²) >= 11 is 0. The van der Waals surface area contributed by atoms with E-state index in [2.05, 4.69) is 10.6 Å². The smallest absolute Gasteiger partial charge is 0.267 e. The highest BCUT2D eigenvalue weighted by atomic mass is 32.2. The Bertz CT molecular complexity index is 758. The van der Waals surface area contributed by atoms with Gasteiger partial charge in [-0.05, 0) is 37.1 Å². The monoisotopic (exact) mass is 348 g/mol. The highest BCUT2D eigenvalue weighted by Gasteiger charge is 2.14. The topological polar surface area (TPSA) is 125 Å². The summed E-state index contributed by atoms with van der Waals surface area (Å²) in [5.41, 5.74) is 0.349. The average molecular weight is 348 g/mol. The first-order valence-corrected chi connectivity index (χ1v) is 9.25.